The van der Waals surface area contributed by atoms with Crippen LogP contribution in [0, 0.1) is 5.25 Å². The van der Waals surface area contributed by atoms with Gasteiger partial charge in [0, 0.05) is 0 Å². The molecule has 0 bridgehead atoms. The molecular formula is C5H8F3O2S. The minimum absolute atomic E-state index is 0.213. The van der Waals surface area contributed by atoms with Crippen LogP contribution in [0.1, 0.15) is 13.8 Å². The molecule has 0 atom stereocenters. The number of alkyl halides is 3. The summed E-state index contributed by atoms with van der Waals surface area (Å²) in [5, 5.41) is -0.213. The molecule has 0 aliphatic carbocycles. The van der Waals surface area contributed by atoms with Crippen LogP contribution >= 0.6 is 0 Å². The van der Waals surface area contributed by atoms with E-state index >= 15 is 0 Å². The summed E-state index contributed by atoms with van der Waals surface area (Å²) < 4.78 is 55.7. The minimum atomic E-state index is -4.64. The lowest BCUT2D eigenvalue weighted by Crippen LogP contribution is -2.25. The van der Waals surface area contributed by atoms with Gasteiger partial charge in [0.1, 0.15) is 5.75 Å². The van der Waals surface area contributed by atoms with Crippen molar-refractivity contribution in [3.8, 4) is 0 Å². The number of hydrogen-bond donors (Lipinski definition) is 0. The van der Waals surface area contributed by atoms with E-state index < -0.39 is 21.8 Å². The molecule has 2 nitrogen and oxygen atoms in total. The molecule has 0 rings (SSSR count). The highest BCUT2D eigenvalue weighted by Crippen LogP contribution is 2.21. The van der Waals surface area contributed by atoms with Gasteiger partial charge in [0.2, 0.25) is 0 Å². The molecule has 0 heterocycles. The molecule has 0 fully saturated rings. The Kier molecular flexibility index (Phi) is 2.93. The van der Waals surface area contributed by atoms with Crippen molar-refractivity contribution in [2.24, 2.45) is 0 Å². The van der Waals surface area contributed by atoms with Gasteiger partial charge in [-0.05, 0) is 13.8 Å². The van der Waals surface area contributed by atoms with Gasteiger partial charge in [-0.1, -0.05) is 0 Å². The van der Waals surface area contributed by atoms with E-state index in [2.05, 4.69) is 0 Å². The average Bonchev–Trinajstić information content (AvgIpc) is 1.56. The number of sulfone groups is 1. The first-order chi connectivity index (χ1) is 4.65. The third-order valence-corrected chi connectivity index (χ3v) is 2.93. The molecule has 0 aromatic heterocycles. The molecule has 0 N–H and O–H groups in total. The van der Waals surface area contributed by atoms with Crippen molar-refractivity contribution in [2.75, 3.05) is 5.75 Å². The molecule has 6 heteroatoms. The number of hydrogen-bond acceptors (Lipinski definition) is 2. The summed E-state index contributed by atoms with van der Waals surface area (Å²) in [7, 11) is -4.06. The third-order valence-electron chi connectivity index (χ3n) is 0.976. The summed E-state index contributed by atoms with van der Waals surface area (Å²) in [5.41, 5.74) is 0. The molecule has 0 aliphatic heterocycles. The summed E-state index contributed by atoms with van der Waals surface area (Å²) in [4.78, 5) is 0. The highest BCUT2D eigenvalue weighted by molar-refractivity contribution is 7.94. The topological polar surface area (TPSA) is 34.1 Å². The summed E-state index contributed by atoms with van der Waals surface area (Å²) in [6, 6.07) is 0. The van der Waals surface area contributed by atoms with E-state index in [0.29, 0.717) is 0 Å². The van der Waals surface area contributed by atoms with Gasteiger partial charge in [0.25, 0.3) is 0 Å². The monoisotopic (exact) mass is 189 g/mol. The van der Waals surface area contributed by atoms with Crippen molar-refractivity contribution in [1.82, 2.24) is 0 Å². The van der Waals surface area contributed by atoms with Crippen LogP contribution in [0.5, 0.6) is 0 Å². The van der Waals surface area contributed by atoms with Gasteiger partial charge in [0.15, 0.2) is 9.84 Å². The molecule has 0 aromatic rings. The molecule has 11 heavy (non-hydrogen) atoms. The first-order valence-corrected chi connectivity index (χ1v) is 4.40. The Morgan fingerprint density at radius 2 is 1.64 bits per heavy atom. The predicted octanol–water partition coefficient (Wildman–Crippen LogP) is 1.54. The van der Waals surface area contributed by atoms with Gasteiger partial charge in [-0.2, -0.15) is 13.2 Å². The average molecular weight is 189 g/mol. The van der Waals surface area contributed by atoms with E-state index in [1.54, 1.807) is 0 Å². The lowest BCUT2D eigenvalue weighted by Gasteiger charge is -2.08. The van der Waals surface area contributed by atoms with Crippen molar-refractivity contribution in [2.45, 2.75) is 20.0 Å². The Labute approximate surface area is 63.3 Å². The van der Waals surface area contributed by atoms with Crippen LogP contribution in [0.15, 0.2) is 0 Å². The van der Waals surface area contributed by atoms with E-state index in [-0.39, 0.29) is 5.25 Å². The second-order valence-electron chi connectivity index (χ2n) is 2.28. The van der Waals surface area contributed by atoms with E-state index in [9.17, 15) is 21.6 Å². The molecule has 1 radical (unpaired) electrons. The van der Waals surface area contributed by atoms with Gasteiger partial charge in [-0.3, -0.25) is 0 Å². The SMILES string of the molecule is C[C](C)S(=O)(=O)CC(F)(F)F. The lowest BCUT2D eigenvalue weighted by atomic mass is 10.6. The maximum absolute atomic E-state index is 11.5. The molecule has 0 unspecified atom stereocenters. The molecule has 0 spiro atoms. The normalized spacial score (nSPS) is 14.0. The second kappa shape index (κ2) is 3.00. The first kappa shape index (κ1) is 10.7. The van der Waals surface area contributed by atoms with Crippen molar-refractivity contribution >= 4 is 9.84 Å². The fourth-order valence-electron chi connectivity index (χ4n) is 0.360. The van der Waals surface area contributed by atoms with Gasteiger partial charge < -0.3 is 0 Å². The lowest BCUT2D eigenvalue weighted by molar-refractivity contribution is -0.106. The Morgan fingerprint density at radius 1 is 1.27 bits per heavy atom. The number of halogens is 3. The van der Waals surface area contributed by atoms with E-state index in [0.717, 1.165) is 13.8 Å². The van der Waals surface area contributed by atoms with Gasteiger partial charge >= 0.3 is 6.18 Å². The number of rotatable bonds is 2. The van der Waals surface area contributed by atoms with E-state index in [1.807, 2.05) is 0 Å². The Morgan fingerprint density at radius 3 is 1.73 bits per heavy atom. The Bertz CT molecular complexity index is 214. The van der Waals surface area contributed by atoms with E-state index in [4.69, 9.17) is 0 Å². The van der Waals surface area contributed by atoms with Crippen molar-refractivity contribution in [3.05, 3.63) is 5.25 Å². The zero-order valence-electron chi connectivity index (χ0n) is 6.07. The largest absolute Gasteiger partial charge is 0.402 e. The molecular weight excluding hydrogens is 181 g/mol. The molecule has 0 saturated heterocycles. The highest BCUT2D eigenvalue weighted by atomic mass is 32.2. The maximum Gasteiger partial charge on any atom is 0.402 e. The Balaban J connectivity index is 4.40. The second-order valence-corrected chi connectivity index (χ2v) is 4.62. The zero-order valence-corrected chi connectivity index (χ0v) is 6.88. The summed E-state index contributed by atoms with van der Waals surface area (Å²) in [6.07, 6.45) is -4.64. The smallest absolute Gasteiger partial charge is 0.228 e. The van der Waals surface area contributed by atoms with Crippen molar-refractivity contribution in [1.29, 1.82) is 0 Å². The standard InChI is InChI=1S/C5H8F3O2S/c1-4(2)11(9,10)3-5(6,7)8/h3H2,1-2H3. The third kappa shape index (κ3) is 4.23. The molecule has 0 aliphatic rings. The summed E-state index contributed by atoms with van der Waals surface area (Å²) >= 11 is 0. The fourth-order valence-corrected chi connectivity index (χ4v) is 1.08. The highest BCUT2D eigenvalue weighted by Gasteiger charge is 2.36. The van der Waals surface area contributed by atoms with E-state index in [1.165, 1.54) is 0 Å². The molecule has 0 aromatic carbocycles. The molecule has 0 amide bonds. The molecule has 0 saturated carbocycles. The van der Waals surface area contributed by atoms with Crippen LogP contribution in [-0.4, -0.2) is 20.3 Å². The van der Waals surface area contributed by atoms with Gasteiger partial charge in [0.05, 0.1) is 5.25 Å². The predicted molar refractivity (Wildman–Crippen MR) is 34.4 cm³/mol. The quantitative estimate of drug-likeness (QED) is 0.660. The fraction of sp³-hybridized carbons (Fsp3) is 0.800. The van der Waals surface area contributed by atoms with Crippen LogP contribution in [0.3, 0.4) is 0 Å². The van der Waals surface area contributed by atoms with Crippen LogP contribution in [0.2, 0.25) is 0 Å². The van der Waals surface area contributed by atoms with Crippen LogP contribution in [-0.2, 0) is 9.84 Å². The van der Waals surface area contributed by atoms with Crippen molar-refractivity contribution in [3.63, 3.8) is 0 Å². The van der Waals surface area contributed by atoms with Crippen LogP contribution < -0.4 is 0 Å². The summed E-state index contributed by atoms with van der Waals surface area (Å²) in [5.74, 6) is -1.76. The minimum Gasteiger partial charge on any atom is -0.228 e. The van der Waals surface area contributed by atoms with Crippen LogP contribution in [0.4, 0.5) is 13.2 Å². The molecule has 67 valence electrons. The van der Waals surface area contributed by atoms with Gasteiger partial charge in [-0.25, -0.2) is 8.42 Å². The first-order valence-electron chi connectivity index (χ1n) is 2.75. The van der Waals surface area contributed by atoms with Gasteiger partial charge in [-0.15, -0.1) is 0 Å². The van der Waals surface area contributed by atoms with Crippen molar-refractivity contribution < 1.29 is 21.6 Å². The zero-order chi connectivity index (χ0) is 9.28. The van der Waals surface area contributed by atoms with Crippen LogP contribution in [0.25, 0.3) is 0 Å². The maximum atomic E-state index is 11.5. The Hall–Kier alpha value is -0.260. The summed E-state index contributed by atoms with van der Waals surface area (Å²) in [6.45, 7) is 2.28.